The van der Waals surface area contributed by atoms with Gasteiger partial charge in [-0.25, -0.2) is 9.59 Å². The molecule has 0 saturated heterocycles. The fourth-order valence-corrected chi connectivity index (χ4v) is 1.48. The molecule has 0 bridgehead atoms. The number of benzene rings is 1. The van der Waals surface area contributed by atoms with E-state index in [0.717, 1.165) is 24.3 Å². The van der Waals surface area contributed by atoms with Gasteiger partial charge in [0.1, 0.15) is 0 Å². The maximum absolute atomic E-state index is 12.4. The third kappa shape index (κ3) is 6.65. The van der Waals surface area contributed by atoms with E-state index in [2.05, 4.69) is 14.8 Å². The van der Waals surface area contributed by atoms with Gasteiger partial charge in [-0.3, -0.25) is 10.1 Å². The number of ether oxygens (including phenoxy) is 2. The van der Waals surface area contributed by atoms with Crippen LogP contribution in [0.15, 0.2) is 24.3 Å². The zero-order valence-electron chi connectivity index (χ0n) is 12.6. The third-order valence-electron chi connectivity index (χ3n) is 2.63. The Hall–Kier alpha value is -2.62. The predicted octanol–water partition coefficient (Wildman–Crippen LogP) is 1.33. The topological polar surface area (TPSA) is 93.7 Å². The molecule has 0 aliphatic heterocycles. The summed E-state index contributed by atoms with van der Waals surface area (Å²) in [6, 6.07) is 2.52. The molecule has 0 unspecified atom stereocenters. The van der Waals surface area contributed by atoms with Gasteiger partial charge in [0, 0.05) is 13.7 Å². The Bertz CT molecular complexity index is 587. The molecule has 0 fully saturated rings. The van der Waals surface area contributed by atoms with Gasteiger partial charge >= 0.3 is 18.2 Å². The molecule has 0 heterocycles. The molecule has 7 nitrogen and oxygen atoms in total. The van der Waals surface area contributed by atoms with Crippen LogP contribution in [-0.4, -0.2) is 44.8 Å². The summed E-state index contributed by atoms with van der Waals surface area (Å²) in [7, 11) is 1.44. The molecule has 3 amide bonds. The Morgan fingerprint density at radius 2 is 1.75 bits per heavy atom. The molecule has 1 rings (SSSR count). The average molecular weight is 348 g/mol. The summed E-state index contributed by atoms with van der Waals surface area (Å²) < 4.78 is 46.5. The lowest BCUT2D eigenvalue weighted by Crippen LogP contribution is -2.42. The van der Waals surface area contributed by atoms with Crippen LogP contribution in [0.25, 0.3) is 0 Å². The van der Waals surface area contributed by atoms with E-state index in [0.29, 0.717) is 0 Å². The van der Waals surface area contributed by atoms with E-state index in [9.17, 15) is 27.6 Å². The van der Waals surface area contributed by atoms with Gasteiger partial charge in [0.15, 0.2) is 6.61 Å². The van der Waals surface area contributed by atoms with E-state index in [1.165, 1.54) is 7.11 Å². The number of alkyl halides is 3. The zero-order valence-corrected chi connectivity index (χ0v) is 12.6. The number of halogens is 3. The largest absolute Gasteiger partial charge is 0.452 e. The van der Waals surface area contributed by atoms with Gasteiger partial charge in [-0.15, -0.1) is 0 Å². The Morgan fingerprint density at radius 1 is 1.12 bits per heavy atom. The molecule has 2 N–H and O–H groups in total. The van der Waals surface area contributed by atoms with Crippen LogP contribution in [0.1, 0.15) is 15.9 Å². The molecule has 0 aliphatic rings. The van der Waals surface area contributed by atoms with Crippen LogP contribution in [0, 0.1) is 0 Å². The highest BCUT2D eigenvalue weighted by molar-refractivity contribution is 5.97. The molecule has 0 aliphatic carbocycles. The van der Waals surface area contributed by atoms with Gasteiger partial charge < -0.3 is 14.8 Å². The smallest absolute Gasteiger partial charge is 0.416 e. The third-order valence-corrected chi connectivity index (χ3v) is 2.63. The molecule has 0 atom stereocenters. The van der Waals surface area contributed by atoms with Gasteiger partial charge in [-0.1, -0.05) is 0 Å². The molecule has 0 saturated carbocycles. The van der Waals surface area contributed by atoms with Crippen molar-refractivity contribution in [1.29, 1.82) is 0 Å². The highest BCUT2D eigenvalue weighted by Crippen LogP contribution is 2.29. The summed E-state index contributed by atoms with van der Waals surface area (Å²) >= 11 is 0. The molecule has 10 heteroatoms. The first-order chi connectivity index (χ1) is 11.2. The van der Waals surface area contributed by atoms with Crippen molar-refractivity contribution in [3.05, 3.63) is 35.4 Å². The van der Waals surface area contributed by atoms with Crippen LogP contribution in [-0.2, 0) is 20.4 Å². The van der Waals surface area contributed by atoms with Crippen molar-refractivity contribution in [2.24, 2.45) is 0 Å². The van der Waals surface area contributed by atoms with Gasteiger partial charge in [0.2, 0.25) is 0 Å². The number of rotatable bonds is 6. The lowest BCUT2D eigenvalue weighted by molar-refractivity contribution is -0.137. The summed E-state index contributed by atoms with van der Waals surface area (Å²) in [5, 5.41) is 4.22. The summed E-state index contributed by atoms with van der Waals surface area (Å²) in [5.41, 5.74) is -1.06. The van der Waals surface area contributed by atoms with Crippen LogP contribution >= 0.6 is 0 Å². The van der Waals surface area contributed by atoms with Crippen molar-refractivity contribution >= 4 is 17.9 Å². The highest BCUT2D eigenvalue weighted by atomic mass is 19.4. The molecule has 132 valence electrons. The maximum atomic E-state index is 12.4. The maximum Gasteiger partial charge on any atom is 0.416 e. The molecular formula is C14H15F3N2O5. The minimum Gasteiger partial charge on any atom is -0.452 e. The molecule has 24 heavy (non-hydrogen) atoms. The lowest BCUT2D eigenvalue weighted by atomic mass is 10.1. The van der Waals surface area contributed by atoms with Crippen molar-refractivity contribution in [3.8, 4) is 0 Å². The number of methoxy groups -OCH3 is 1. The Kier molecular flexibility index (Phi) is 7.18. The van der Waals surface area contributed by atoms with Crippen LogP contribution in [0.3, 0.4) is 0 Å². The van der Waals surface area contributed by atoms with Gasteiger partial charge in [-0.2, -0.15) is 13.2 Å². The second-order valence-corrected chi connectivity index (χ2v) is 4.45. The standard InChI is InChI=1S/C14H15F3N2O5/c1-23-7-6-18-13(22)19-11(20)8-24-12(21)9-2-4-10(5-3-9)14(15,16)17/h2-5H,6-8H2,1H3,(H2,18,19,20,22). The van der Waals surface area contributed by atoms with Crippen LogP contribution in [0.4, 0.5) is 18.0 Å². The molecule has 0 aromatic heterocycles. The number of imide groups is 1. The first-order valence-corrected chi connectivity index (χ1v) is 6.65. The van der Waals surface area contributed by atoms with Gasteiger partial charge in [-0.05, 0) is 24.3 Å². The number of hydrogen-bond acceptors (Lipinski definition) is 5. The van der Waals surface area contributed by atoms with Crippen molar-refractivity contribution < 1.29 is 37.0 Å². The van der Waals surface area contributed by atoms with Crippen LogP contribution in [0.2, 0.25) is 0 Å². The number of amides is 3. The van der Waals surface area contributed by atoms with E-state index >= 15 is 0 Å². The van der Waals surface area contributed by atoms with E-state index in [-0.39, 0.29) is 18.7 Å². The second kappa shape index (κ2) is 8.87. The van der Waals surface area contributed by atoms with E-state index < -0.39 is 36.3 Å². The SMILES string of the molecule is COCCNC(=O)NC(=O)COC(=O)c1ccc(C(F)(F)F)cc1. The Labute approximate surface area is 135 Å². The van der Waals surface area contributed by atoms with E-state index in [1.54, 1.807) is 0 Å². The summed E-state index contributed by atoms with van der Waals surface area (Å²) in [6.45, 7) is -0.316. The minimum atomic E-state index is -4.52. The van der Waals surface area contributed by atoms with Crippen LogP contribution in [0.5, 0.6) is 0 Å². The van der Waals surface area contributed by atoms with Crippen molar-refractivity contribution in [1.82, 2.24) is 10.6 Å². The van der Waals surface area contributed by atoms with Crippen molar-refractivity contribution in [2.75, 3.05) is 26.9 Å². The number of nitrogens with one attached hydrogen (secondary N) is 2. The minimum absolute atomic E-state index is 0.152. The van der Waals surface area contributed by atoms with Gasteiger partial charge in [0.05, 0.1) is 17.7 Å². The summed E-state index contributed by atoms with van der Waals surface area (Å²) in [5.74, 6) is -1.87. The summed E-state index contributed by atoms with van der Waals surface area (Å²) in [6.07, 6.45) is -4.52. The number of esters is 1. The zero-order chi connectivity index (χ0) is 18.2. The highest BCUT2D eigenvalue weighted by Gasteiger charge is 2.30. The number of carbonyl (C=O) groups is 3. The van der Waals surface area contributed by atoms with E-state index in [4.69, 9.17) is 0 Å². The number of hydrogen-bond donors (Lipinski definition) is 2. The quantitative estimate of drug-likeness (QED) is 0.598. The first-order valence-electron chi connectivity index (χ1n) is 6.65. The number of urea groups is 1. The van der Waals surface area contributed by atoms with Crippen molar-refractivity contribution in [2.45, 2.75) is 6.18 Å². The Morgan fingerprint density at radius 3 is 2.29 bits per heavy atom. The average Bonchev–Trinajstić information content (AvgIpc) is 2.52. The molecule has 0 radical (unpaired) electrons. The number of carbonyl (C=O) groups excluding carboxylic acids is 3. The fourth-order valence-electron chi connectivity index (χ4n) is 1.48. The predicted molar refractivity (Wildman–Crippen MR) is 75.1 cm³/mol. The molecule has 1 aromatic carbocycles. The normalized spacial score (nSPS) is 10.8. The second-order valence-electron chi connectivity index (χ2n) is 4.45. The van der Waals surface area contributed by atoms with Gasteiger partial charge in [0.25, 0.3) is 5.91 Å². The lowest BCUT2D eigenvalue weighted by Gasteiger charge is -2.08. The fraction of sp³-hybridized carbons (Fsp3) is 0.357. The molecule has 1 aromatic rings. The monoisotopic (exact) mass is 348 g/mol. The Balaban J connectivity index is 2.42. The molecule has 0 spiro atoms. The van der Waals surface area contributed by atoms with Crippen LogP contribution < -0.4 is 10.6 Å². The summed E-state index contributed by atoms with van der Waals surface area (Å²) in [4.78, 5) is 34.2. The van der Waals surface area contributed by atoms with Crippen molar-refractivity contribution in [3.63, 3.8) is 0 Å². The van der Waals surface area contributed by atoms with E-state index in [1.807, 2.05) is 5.32 Å². The molecular weight excluding hydrogens is 333 g/mol. The first kappa shape index (κ1) is 19.4.